The summed E-state index contributed by atoms with van der Waals surface area (Å²) in [5.41, 5.74) is 2.69. The number of rotatable bonds is 13. The molecule has 0 bridgehead atoms. The zero-order chi connectivity index (χ0) is 29.3. The van der Waals surface area contributed by atoms with E-state index in [1.165, 1.54) is 17.0 Å². The Morgan fingerprint density at radius 1 is 0.925 bits per heavy atom. The van der Waals surface area contributed by atoms with E-state index in [1.807, 2.05) is 32.9 Å². The van der Waals surface area contributed by atoms with E-state index in [4.69, 9.17) is 11.6 Å². The molecule has 0 aliphatic heterocycles. The number of carbonyl (C=O) groups excluding carboxylic acids is 2. The summed E-state index contributed by atoms with van der Waals surface area (Å²) in [7, 11) is -4.11. The Labute approximate surface area is 243 Å². The van der Waals surface area contributed by atoms with Crippen LogP contribution in [0.1, 0.15) is 49.8 Å². The fourth-order valence-electron chi connectivity index (χ4n) is 4.43. The minimum Gasteiger partial charge on any atom is -0.354 e. The molecule has 7 nitrogen and oxygen atoms in total. The maximum Gasteiger partial charge on any atom is 0.264 e. The molecule has 0 spiro atoms. The smallest absolute Gasteiger partial charge is 0.264 e. The molecule has 0 fully saturated rings. The highest BCUT2D eigenvalue weighted by Crippen LogP contribution is 2.28. The van der Waals surface area contributed by atoms with Gasteiger partial charge in [-0.25, -0.2) is 8.42 Å². The van der Waals surface area contributed by atoms with E-state index in [2.05, 4.69) is 5.32 Å². The van der Waals surface area contributed by atoms with Gasteiger partial charge in [-0.1, -0.05) is 86.0 Å². The average Bonchev–Trinajstić information content (AvgIpc) is 2.93. The first-order chi connectivity index (χ1) is 19.1. The van der Waals surface area contributed by atoms with Gasteiger partial charge in [-0.3, -0.25) is 13.9 Å². The summed E-state index contributed by atoms with van der Waals surface area (Å²) in [5, 5.41) is 3.39. The standard InChI is InChI=1S/C31H38ClN3O4S/c1-5-7-20-33-31(37)28(6-2)34(21-25-13-9-10-14-27(25)32)30(36)22-35(29-15-11-8-12-24(29)4)40(38,39)26-18-16-23(3)17-19-26/h8-19,28H,5-7,20-22H2,1-4H3,(H,33,37)/t28-/m1/s1. The number of hydrogen-bond acceptors (Lipinski definition) is 4. The topological polar surface area (TPSA) is 86.8 Å². The van der Waals surface area contributed by atoms with Crippen molar-refractivity contribution in [3.05, 3.63) is 94.5 Å². The van der Waals surface area contributed by atoms with Crippen molar-refractivity contribution in [3.8, 4) is 0 Å². The van der Waals surface area contributed by atoms with E-state index in [0.29, 0.717) is 34.8 Å². The van der Waals surface area contributed by atoms with Crippen molar-refractivity contribution < 1.29 is 18.0 Å². The summed E-state index contributed by atoms with van der Waals surface area (Å²) in [6.45, 7) is 7.62. The van der Waals surface area contributed by atoms with Crippen LogP contribution in [0.2, 0.25) is 5.02 Å². The van der Waals surface area contributed by atoms with Gasteiger partial charge in [0.1, 0.15) is 12.6 Å². The molecule has 0 saturated carbocycles. The van der Waals surface area contributed by atoms with E-state index >= 15 is 0 Å². The van der Waals surface area contributed by atoms with Gasteiger partial charge in [0.25, 0.3) is 10.0 Å². The second-order valence-electron chi connectivity index (χ2n) is 9.79. The van der Waals surface area contributed by atoms with Crippen LogP contribution in [0.25, 0.3) is 0 Å². The Bertz CT molecular complexity index is 1410. The number of nitrogens with zero attached hydrogens (tertiary/aromatic N) is 2. The van der Waals surface area contributed by atoms with E-state index in [1.54, 1.807) is 55.5 Å². The Morgan fingerprint density at radius 3 is 2.20 bits per heavy atom. The highest BCUT2D eigenvalue weighted by atomic mass is 35.5. The molecule has 2 amide bonds. The number of anilines is 1. The van der Waals surface area contributed by atoms with Crippen LogP contribution >= 0.6 is 11.6 Å². The SMILES string of the molecule is CCCCNC(=O)[C@@H](CC)N(Cc1ccccc1Cl)C(=O)CN(c1ccccc1C)S(=O)(=O)c1ccc(C)cc1. The van der Waals surface area contributed by atoms with E-state index < -0.39 is 28.5 Å². The van der Waals surface area contributed by atoms with Gasteiger partial charge in [0.05, 0.1) is 10.6 Å². The van der Waals surface area contributed by atoms with E-state index in [0.717, 1.165) is 22.7 Å². The van der Waals surface area contributed by atoms with Gasteiger partial charge >= 0.3 is 0 Å². The number of halogens is 1. The average molecular weight is 584 g/mol. The fourth-order valence-corrected chi connectivity index (χ4v) is 6.10. The van der Waals surface area contributed by atoms with E-state index in [9.17, 15) is 18.0 Å². The molecule has 0 aliphatic carbocycles. The van der Waals surface area contributed by atoms with Crippen LogP contribution in [-0.4, -0.2) is 44.3 Å². The van der Waals surface area contributed by atoms with Gasteiger partial charge < -0.3 is 10.2 Å². The molecule has 1 atom stereocenters. The van der Waals surface area contributed by atoms with Crippen molar-refractivity contribution in [3.63, 3.8) is 0 Å². The predicted octanol–water partition coefficient (Wildman–Crippen LogP) is 5.88. The molecule has 0 aromatic heterocycles. The monoisotopic (exact) mass is 583 g/mol. The normalized spacial score (nSPS) is 12.0. The van der Waals surface area contributed by atoms with Crippen LogP contribution in [-0.2, 0) is 26.2 Å². The first-order valence-electron chi connectivity index (χ1n) is 13.6. The molecule has 0 heterocycles. The van der Waals surface area contributed by atoms with Crippen LogP contribution in [0.15, 0.2) is 77.7 Å². The van der Waals surface area contributed by atoms with Crippen molar-refractivity contribution in [1.82, 2.24) is 10.2 Å². The van der Waals surface area contributed by atoms with Gasteiger partial charge in [-0.15, -0.1) is 0 Å². The molecule has 3 rings (SSSR count). The zero-order valence-corrected chi connectivity index (χ0v) is 25.1. The van der Waals surface area contributed by atoms with Crippen molar-refractivity contribution in [2.45, 2.75) is 64.4 Å². The Balaban J connectivity index is 2.06. The molecule has 3 aromatic carbocycles. The van der Waals surface area contributed by atoms with Crippen LogP contribution in [0.5, 0.6) is 0 Å². The first-order valence-corrected chi connectivity index (χ1v) is 15.4. The number of hydrogen-bond donors (Lipinski definition) is 1. The largest absolute Gasteiger partial charge is 0.354 e. The lowest BCUT2D eigenvalue weighted by atomic mass is 10.1. The number of aryl methyl sites for hydroxylation is 2. The third-order valence-corrected chi connectivity index (χ3v) is 8.93. The molecule has 0 unspecified atom stereocenters. The van der Waals surface area contributed by atoms with Crippen molar-refractivity contribution in [2.24, 2.45) is 0 Å². The lowest BCUT2D eigenvalue weighted by molar-refractivity contribution is -0.140. The van der Waals surface area contributed by atoms with Gasteiger partial charge in [0, 0.05) is 18.1 Å². The number of sulfonamides is 1. The first kappa shape index (κ1) is 31.2. The quantitative estimate of drug-likeness (QED) is 0.255. The number of para-hydroxylation sites is 1. The molecule has 0 aliphatic rings. The number of amides is 2. The molecule has 40 heavy (non-hydrogen) atoms. The number of benzene rings is 3. The highest BCUT2D eigenvalue weighted by Gasteiger charge is 2.34. The van der Waals surface area contributed by atoms with Crippen molar-refractivity contribution in [2.75, 3.05) is 17.4 Å². The molecular weight excluding hydrogens is 546 g/mol. The Kier molecular flexibility index (Phi) is 11.2. The third kappa shape index (κ3) is 7.64. The lowest BCUT2D eigenvalue weighted by Crippen LogP contribution is -2.52. The van der Waals surface area contributed by atoms with Gasteiger partial charge in [0.15, 0.2) is 0 Å². The maximum atomic E-state index is 14.1. The molecule has 3 aromatic rings. The van der Waals surface area contributed by atoms with Crippen LogP contribution < -0.4 is 9.62 Å². The summed E-state index contributed by atoms with van der Waals surface area (Å²) in [6, 6.07) is 19.9. The van der Waals surface area contributed by atoms with Gasteiger partial charge in [-0.05, 0) is 62.1 Å². The summed E-state index contributed by atoms with van der Waals surface area (Å²) in [4.78, 5) is 28.9. The number of unbranched alkanes of at least 4 members (excludes halogenated alkanes) is 1. The fraction of sp³-hybridized carbons (Fsp3) is 0.355. The highest BCUT2D eigenvalue weighted by molar-refractivity contribution is 7.92. The zero-order valence-electron chi connectivity index (χ0n) is 23.6. The molecule has 9 heteroatoms. The van der Waals surface area contributed by atoms with Gasteiger partial charge in [-0.2, -0.15) is 0 Å². The summed E-state index contributed by atoms with van der Waals surface area (Å²) in [5.74, 6) is -0.781. The molecular formula is C31H38ClN3O4S. The summed E-state index contributed by atoms with van der Waals surface area (Å²) >= 11 is 6.45. The minimum absolute atomic E-state index is 0.0599. The van der Waals surface area contributed by atoms with Gasteiger partial charge in [0.2, 0.25) is 11.8 Å². The van der Waals surface area contributed by atoms with Crippen LogP contribution in [0, 0.1) is 13.8 Å². The lowest BCUT2D eigenvalue weighted by Gasteiger charge is -2.33. The van der Waals surface area contributed by atoms with Crippen LogP contribution in [0.4, 0.5) is 5.69 Å². The van der Waals surface area contributed by atoms with Crippen LogP contribution in [0.3, 0.4) is 0 Å². The molecule has 0 radical (unpaired) electrons. The Morgan fingerprint density at radius 2 is 1.57 bits per heavy atom. The summed E-state index contributed by atoms with van der Waals surface area (Å²) in [6.07, 6.45) is 2.08. The Hall–Kier alpha value is -3.36. The minimum atomic E-state index is -4.11. The molecule has 0 saturated heterocycles. The second kappa shape index (κ2) is 14.3. The van der Waals surface area contributed by atoms with Crippen molar-refractivity contribution >= 4 is 39.1 Å². The van der Waals surface area contributed by atoms with E-state index in [-0.39, 0.29) is 17.3 Å². The second-order valence-corrected chi connectivity index (χ2v) is 12.1. The molecule has 214 valence electrons. The van der Waals surface area contributed by atoms with Crippen molar-refractivity contribution in [1.29, 1.82) is 0 Å². The summed E-state index contributed by atoms with van der Waals surface area (Å²) < 4.78 is 29.1. The maximum absolute atomic E-state index is 14.1. The number of carbonyl (C=O) groups is 2. The predicted molar refractivity (Wildman–Crippen MR) is 161 cm³/mol. The third-order valence-electron chi connectivity index (χ3n) is 6.79. The number of nitrogens with one attached hydrogen (secondary N) is 1. The molecule has 1 N–H and O–H groups in total.